The SMILES string of the molecule is C[C@@H](N)C(=O)NCc1ccc(OC(C)(C)C)cc1C(F)(F)F.Cl. The number of rotatable bonds is 4. The molecule has 0 aliphatic carbocycles. The molecule has 1 atom stereocenters. The second-order valence-electron chi connectivity index (χ2n) is 6.04. The van der Waals surface area contributed by atoms with Crippen molar-refractivity contribution in [1.82, 2.24) is 5.32 Å². The smallest absolute Gasteiger partial charge is 0.416 e. The van der Waals surface area contributed by atoms with Crippen LogP contribution in [0.1, 0.15) is 38.8 Å². The van der Waals surface area contributed by atoms with E-state index >= 15 is 0 Å². The lowest BCUT2D eigenvalue weighted by Gasteiger charge is -2.23. The standard InChI is InChI=1S/C15H21F3N2O2.ClH/c1-9(19)13(21)20-8-10-5-6-11(22-14(2,3)4)7-12(10)15(16,17)18;/h5-7,9H,8,19H2,1-4H3,(H,20,21);1H/t9-;/m1./s1. The van der Waals surface area contributed by atoms with Crippen LogP contribution in [0.2, 0.25) is 0 Å². The zero-order chi connectivity index (χ0) is 17.1. The Morgan fingerprint density at radius 3 is 2.30 bits per heavy atom. The highest BCUT2D eigenvalue weighted by Gasteiger charge is 2.34. The summed E-state index contributed by atoms with van der Waals surface area (Å²) in [7, 11) is 0. The molecular formula is C15H22ClF3N2O2. The summed E-state index contributed by atoms with van der Waals surface area (Å²) < 4.78 is 44.9. The van der Waals surface area contributed by atoms with Crippen molar-refractivity contribution in [2.75, 3.05) is 0 Å². The van der Waals surface area contributed by atoms with E-state index in [9.17, 15) is 18.0 Å². The van der Waals surface area contributed by atoms with Crippen molar-refractivity contribution in [1.29, 1.82) is 0 Å². The van der Waals surface area contributed by atoms with Crippen LogP contribution in [0.15, 0.2) is 18.2 Å². The summed E-state index contributed by atoms with van der Waals surface area (Å²) in [4.78, 5) is 11.4. The number of carbonyl (C=O) groups excluding carboxylic acids is 1. The molecule has 132 valence electrons. The minimum atomic E-state index is -4.54. The fourth-order valence-corrected chi connectivity index (χ4v) is 1.73. The summed E-state index contributed by atoms with van der Waals surface area (Å²) in [5.74, 6) is -0.384. The largest absolute Gasteiger partial charge is 0.488 e. The van der Waals surface area contributed by atoms with Crippen LogP contribution in [-0.4, -0.2) is 17.6 Å². The molecule has 4 nitrogen and oxygen atoms in total. The lowest BCUT2D eigenvalue weighted by Crippen LogP contribution is -2.38. The molecule has 1 amide bonds. The van der Waals surface area contributed by atoms with Gasteiger partial charge in [0.05, 0.1) is 11.6 Å². The maximum absolute atomic E-state index is 13.2. The number of hydrogen-bond acceptors (Lipinski definition) is 3. The van der Waals surface area contributed by atoms with Crippen LogP contribution in [-0.2, 0) is 17.5 Å². The van der Waals surface area contributed by atoms with Gasteiger partial charge in [-0.25, -0.2) is 0 Å². The highest BCUT2D eigenvalue weighted by Crippen LogP contribution is 2.35. The number of nitrogens with two attached hydrogens (primary N) is 1. The third-order valence-corrected chi connectivity index (χ3v) is 2.68. The van der Waals surface area contributed by atoms with E-state index in [-0.39, 0.29) is 30.3 Å². The van der Waals surface area contributed by atoms with Crippen molar-refractivity contribution >= 4 is 18.3 Å². The number of ether oxygens (including phenoxy) is 1. The van der Waals surface area contributed by atoms with E-state index < -0.39 is 29.3 Å². The second kappa shape index (κ2) is 7.88. The first kappa shape index (κ1) is 21.5. The molecular weight excluding hydrogens is 333 g/mol. The van der Waals surface area contributed by atoms with E-state index in [1.54, 1.807) is 20.8 Å². The molecule has 0 fully saturated rings. The minimum absolute atomic E-state index is 0. The van der Waals surface area contributed by atoms with Crippen LogP contribution in [0.5, 0.6) is 5.75 Å². The fourth-order valence-electron chi connectivity index (χ4n) is 1.73. The van der Waals surface area contributed by atoms with Gasteiger partial charge >= 0.3 is 6.18 Å². The molecule has 0 bridgehead atoms. The summed E-state index contributed by atoms with van der Waals surface area (Å²) in [6, 6.07) is 2.91. The first-order valence-electron chi connectivity index (χ1n) is 6.82. The third-order valence-electron chi connectivity index (χ3n) is 2.68. The van der Waals surface area contributed by atoms with Crippen LogP contribution in [0, 0.1) is 0 Å². The molecule has 0 aliphatic heterocycles. The Morgan fingerprint density at radius 2 is 1.87 bits per heavy atom. The van der Waals surface area contributed by atoms with Gasteiger partial charge in [0.2, 0.25) is 5.91 Å². The maximum Gasteiger partial charge on any atom is 0.416 e. The van der Waals surface area contributed by atoms with Crippen LogP contribution < -0.4 is 15.8 Å². The van der Waals surface area contributed by atoms with Crippen LogP contribution >= 0.6 is 12.4 Å². The van der Waals surface area contributed by atoms with Crippen molar-refractivity contribution in [3.8, 4) is 5.75 Å². The van der Waals surface area contributed by atoms with Gasteiger partial charge in [0.1, 0.15) is 11.4 Å². The van der Waals surface area contributed by atoms with Gasteiger partial charge in [-0.05, 0) is 45.4 Å². The third kappa shape index (κ3) is 7.09. The fraction of sp³-hybridized carbons (Fsp3) is 0.533. The first-order valence-corrected chi connectivity index (χ1v) is 6.82. The highest BCUT2D eigenvalue weighted by molar-refractivity contribution is 5.85. The van der Waals surface area contributed by atoms with E-state index in [0.717, 1.165) is 6.07 Å². The second-order valence-corrected chi connectivity index (χ2v) is 6.04. The molecule has 1 aromatic carbocycles. The van der Waals surface area contributed by atoms with E-state index in [1.807, 2.05) is 0 Å². The molecule has 0 saturated heterocycles. The topological polar surface area (TPSA) is 64.4 Å². The number of halogens is 4. The number of hydrogen-bond donors (Lipinski definition) is 2. The average molecular weight is 355 g/mol. The molecule has 1 aromatic rings. The van der Waals surface area contributed by atoms with Gasteiger partial charge in [-0.1, -0.05) is 6.07 Å². The zero-order valence-electron chi connectivity index (χ0n) is 13.5. The van der Waals surface area contributed by atoms with Crippen molar-refractivity contribution < 1.29 is 22.7 Å². The molecule has 0 aliphatic rings. The molecule has 3 N–H and O–H groups in total. The molecule has 0 radical (unpaired) electrons. The lowest BCUT2D eigenvalue weighted by molar-refractivity contribution is -0.138. The lowest BCUT2D eigenvalue weighted by atomic mass is 10.1. The van der Waals surface area contributed by atoms with Gasteiger partial charge in [-0.2, -0.15) is 13.2 Å². The van der Waals surface area contributed by atoms with Gasteiger partial charge in [-0.15, -0.1) is 12.4 Å². The predicted octanol–water partition coefficient (Wildman–Crippen LogP) is 3.27. The Hall–Kier alpha value is -1.47. The van der Waals surface area contributed by atoms with E-state index in [2.05, 4.69) is 5.32 Å². The quantitative estimate of drug-likeness (QED) is 0.872. The minimum Gasteiger partial charge on any atom is -0.488 e. The maximum atomic E-state index is 13.2. The summed E-state index contributed by atoms with van der Waals surface area (Å²) >= 11 is 0. The number of amides is 1. The first-order chi connectivity index (χ1) is 9.90. The molecule has 1 rings (SSSR count). The molecule has 0 aromatic heterocycles. The summed E-state index contributed by atoms with van der Waals surface area (Å²) in [6.45, 7) is 6.45. The summed E-state index contributed by atoms with van der Waals surface area (Å²) in [5.41, 5.74) is 3.89. The van der Waals surface area contributed by atoms with Crippen LogP contribution in [0.4, 0.5) is 13.2 Å². The van der Waals surface area contributed by atoms with E-state index in [0.29, 0.717) is 0 Å². The zero-order valence-corrected chi connectivity index (χ0v) is 14.3. The van der Waals surface area contributed by atoms with Crippen molar-refractivity contribution in [2.45, 2.75) is 52.1 Å². The molecule has 8 heteroatoms. The Morgan fingerprint density at radius 1 is 1.30 bits per heavy atom. The number of carbonyl (C=O) groups is 1. The van der Waals surface area contributed by atoms with Gasteiger partial charge in [0.15, 0.2) is 0 Å². The van der Waals surface area contributed by atoms with Gasteiger partial charge in [-0.3, -0.25) is 4.79 Å². The molecule has 23 heavy (non-hydrogen) atoms. The Bertz CT molecular complexity index is 541. The van der Waals surface area contributed by atoms with Crippen LogP contribution in [0.3, 0.4) is 0 Å². The van der Waals surface area contributed by atoms with Crippen molar-refractivity contribution in [3.63, 3.8) is 0 Å². The molecule has 0 saturated carbocycles. The van der Waals surface area contributed by atoms with E-state index in [4.69, 9.17) is 10.5 Å². The number of alkyl halides is 3. The normalized spacial score (nSPS) is 13.0. The Balaban J connectivity index is 0.00000484. The van der Waals surface area contributed by atoms with Gasteiger partial charge in [0, 0.05) is 6.54 Å². The van der Waals surface area contributed by atoms with Gasteiger partial charge in [0.25, 0.3) is 0 Å². The van der Waals surface area contributed by atoms with Crippen molar-refractivity contribution in [3.05, 3.63) is 29.3 Å². The van der Waals surface area contributed by atoms with Gasteiger partial charge < -0.3 is 15.8 Å². The highest BCUT2D eigenvalue weighted by atomic mass is 35.5. The average Bonchev–Trinajstić information content (AvgIpc) is 2.33. The number of benzene rings is 1. The predicted molar refractivity (Wildman–Crippen MR) is 84.6 cm³/mol. The molecule has 0 heterocycles. The van der Waals surface area contributed by atoms with Crippen molar-refractivity contribution in [2.24, 2.45) is 5.73 Å². The summed E-state index contributed by atoms with van der Waals surface area (Å²) in [6.07, 6.45) is -4.54. The molecule has 0 spiro atoms. The monoisotopic (exact) mass is 354 g/mol. The Labute approximate surface area is 140 Å². The Kier molecular flexibility index (Phi) is 7.37. The summed E-state index contributed by atoms with van der Waals surface area (Å²) in [5, 5.41) is 2.37. The molecule has 0 unspecified atom stereocenters. The van der Waals surface area contributed by atoms with Crippen LogP contribution in [0.25, 0.3) is 0 Å². The number of nitrogens with one attached hydrogen (secondary N) is 1. The van der Waals surface area contributed by atoms with E-state index in [1.165, 1.54) is 19.1 Å².